The van der Waals surface area contributed by atoms with Crippen molar-refractivity contribution in [3.63, 3.8) is 0 Å². The SMILES string of the molecule is CCOCCC1=NCC[N+]1(CCC(=O)O)C(=O)O. The van der Waals surface area contributed by atoms with E-state index < -0.39 is 12.1 Å². The predicted molar refractivity (Wildman–Crippen MR) is 63.7 cm³/mol. The molecule has 0 spiro atoms. The van der Waals surface area contributed by atoms with E-state index in [0.29, 0.717) is 38.6 Å². The van der Waals surface area contributed by atoms with E-state index in [-0.39, 0.29) is 17.4 Å². The van der Waals surface area contributed by atoms with Crippen LogP contribution in [0, 0.1) is 0 Å². The third kappa shape index (κ3) is 3.27. The minimum absolute atomic E-state index is 0.0373. The molecule has 18 heavy (non-hydrogen) atoms. The molecule has 0 aromatic rings. The molecule has 1 aliphatic rings. The maximum Gasteiger partial charge on any atom is 0.519 e. The minimum atomic E-state index is -1.04. The minimum Gasteiger partial charge on any atom is -0.481 e. The predicted octanol–water partition coefficient (Wildman–Crippen LogP) is 0.795. The lowest BCUT2D eigenvalue weighted by Gasteiger charge is -2.27. The maximum absolute atomic E-state index is 11.4. The third-order valence-electron chi connectivity index (χ3n) is 3.02. The summed E-state index contributed by atoms with van der Waals surface area (Å²) in [7, 11) is 0. The van der Waals surface area contributed by atoms with E-state index in [4.69, 9.17) is 9.84 Å². The van der Waals surface area contributed by atoms with Crippen LogP contribution in [0.2, 0.25) is 0 Å². The van der Waals surface area contributed by atoms with Crippen LogP contribution in [-0.4, -0.2) is 65.4 Å². The molecule has 1 rings (SSSR count). The van der Waals surface area contributed by atoms with Gasteiger partial charge in [-0.15, -0.1) is 0 Å². The highest BCUT2D eigenvalue weighted by Gasteiger charge is 2.45. The number of amidine groups is 1. The highest BCUT2D eigenvalue weighted by Crippen LogP contribution is 2.19. The normalized spacial score (nSPS) is 22.8. The molecule has 2 N–H and O–H groups in total. The van der Waals surface area contributed by atoms with Crippen molar-refractivity contribution in [1.29, 1.82) is 0 Å². The van der Waals surface area contributed by atoms with Gasteiger partial charge in [0.05, 0.1) is 26.0 Å². The van der Waals surface area contributed by atoms with Crippen molar-refractivity contribution in [2.24, 2.45) is 4.99 Å². The van der Waals surface area contributed by atoms with Gasteiger partial charge >= 0.3 is 12.1 Å². The van der Waals surface area contributed by atoms with Crippen LogP contribution in [0.4, 0.5) is 4.79 Å². The maximum atomic E-state index is 11.4. The van der Waals surface area contributed by atoms with Gasteiger partial charge < -0.3 is 14.9 Å². The van der Waals surface area contributed by atoms with Crippen molar-refractivity contribution in [1.82, 2.24) is 0 Å². The highest BCUT2D eigenvalue weighted by molar-refractivity contribution is 5.86. The number of aliphatic carboxylic acids is 1. The van der Waals surface area contributed by atoms with Gasteiger partial charge in [-0.05, 0) is 6.92 Å². The first kappa shape index (κ1) is 14.6. The molecule has 102 valence electrons. The van der Waals surface area contributed by atoms with Gasteiger partial charge in [0.25, 0.3) is 0 Å². The van der Waals surface area contributed by atoms with E-state index in [1.165, 1.54) is 0 Å². The summed E-state index contributed by atoms with van der Waals surface area (Å²) >= 11 is 0. The zero-order chi connectivity index (χ0) is 13.6. The summed E-state index contributed by atoms with van der Waals surface area (Å²) in [6.45, 7) is 3.62. The lowest BCUT2D eigenvalue weighted by atomic mass is 10.2. The number of hydrogen-bond acceptors (Lipinski definition) is 4. The summed E-state index contributed by atoms with van der Waals surface area (Å²) < 4.78 is 4.83. The van der Waals surface area contributed by atoms with Gasteiger partial charge in [0.15, 0.2) is 0 Å². The molecular formula is C11H19N2O5+. The number of amides is 1. The zero-order valence-electron chi connectivity index (χ0n) is 10.5. The van der Waals surface area contributed by atoms with Crippen LogP contribution in [-0.2, 0) is 9.53 Å². The van der Waals surface area contributed by atoms with Gasteiger partial charge in [0.1, 0.15) is 13.1 Å². The van der Waals surface area contributed by atoms with Gasteiger partial charge in [0, 0.05) is 6.61 Å². The summed E-state index contributed by atoms with van der Waals surface area (Å²) in [5.74, 6) is -0.484. The third-order valence-corrected chi connectivity index (χ3v) is 3.02. The summed E-state index contributed by atoms with van der Waals surface area (Å²) in [4.78, 5) is 26.3. The number of quaternary nitrogens is 1. The van der Waals surface area contributed by atoms with Gasteiger partial charge in [-0.1, -0.05) is 0 Å². The second kappa shape index (κ2) is 6.46. The number of aliphatic imine (C=N–C) groups is 1. The molecule has 7 heteroatoms. The molecule has 1 heterocycles. The number of nitrogens with zero attached hydrogens (tertiary/aromatic N) is 2. The first-order valence-electron chi connectivity index (χ1n) is 5.97. The molecule has 7 nitrogen and oxygen atoms in total. The van der Waals surface area contributed by atoms with Crippen LogP contribution in [0.5, 0.6) is 0 Å². The Kier molecular flexibility index (Phi) is 5.24. The average molecular weight is 259 g/mol. The Bertz CT molecular complexity index is 355. The van der Waals surface area contributed by atoms with E-state index in [2.05, 4.69) is 4.99 Å². The summed E-state index contributed by atoms with van der Waals surface area (Å²) in [6.07, 6.45) is -0.788. The molecule has 1 aliphatic heterocycles. The fourth-order valence-corrected chi connectivity index (χ4v) is 2.04. The van der Waals surface area contributed by atoms with Gasteiger partial charge in [-0.25, -0.2) is 4.99 Å². The van der Waals surface area contributed by atoms with Crippen LogP contribution in [0.1, 0.15) is 19.8 Å². The van der Waals surface area contributed by atoms with E-state index >= 15 is 0 Å². The standard InChI is InChI=1S/C11H18N2O5/c1-2-18-8-4-9-12-5-7-13(9,11(16)17)6-3-10(14)15/h2-8H2,1H3,(H-,14,15,16,17)/p+1. The van der Waals surface area contributed by atoms with E-state index in [1.807, 2.05) is 6.92 Å². The molecule has 1 amide bonds. The van der Waals surface area contributed by atoms with Crippen LogP contribution in [0.3, 0.4) is 0 Å². The Morgan fingerprint density at radius 2 is 2.17 bits per heavy atom. The Morgan fingerprint density at radius 3 is 2.72 bits per heavy atom. The van der Waals surface area contributed by atoms with Gasteiger partial charge in [-0.3, -0.25) is 4.79 Å². The Labute approximate surface area is 105 Å². The van der Waals surface area contributed by atoms with Crippen molar-refractivity contribution in [3.05, 3.63) is 0 Å². The number of carbonyl (C=O) groups is 2. The fraction of sp³-hybridized carbons (Fsp3) is 0.727. The van der Waals surface area contributed by atoms with E-state index in [0.717, 1.165) is 0 Å². The summed E-state index contributed by atoms with van der Waals surface area (Å²) in [5, 5.41) is 18.1. The molecule has 0 aromatic heterocycles. The quantitative estimate of drug-likeness (QED) is 0.520. The zero-order valence-corrected chi connectivity index (χ0v) is 10.5. The lowest BCUT2D eigenvalue weighted by Crippen LogP contribution is -2.55. The van der Waals surface area contributed by atoms with Gasteiger partial charge in [0.2, 0.25) is 5.84 Å². The largest absolute Gasteiger partial charge is 0.519 e. The van der Waals surface area contributed by atoms with Crippen molar-refractivity contribution < 1.29 is 29.0 Å². The van der Waals surface area contributed by atoms with Crippen LogP contribution >= 0.6 is 0 Å². The van der Waals surface area contributed by atoms with Crippen molar-refractivity contribution in [3.8, 4) is 0 Å². The molecular weight excluding hydrogens is 240 g/mol. The van der Waals surface area contributed by atoms with E-state index in [1.54, 1.807) is 0 Å². The molecule has 0 fully saturated rings. The summed E-state index contributed by atoms with van der Waals surface area (Å²) in [5.41, 5.74) is 0. The first-order chi connectivity index (χ1) is 8.53. The van der Waals surface area contributed by atoms with Crippen LogP contribution in [0.25, 0.3) is 0 Å². The van der Waals surface area contributed by atoms with E-state index in [9.17, 15) is 14.7 Å². The number of carboxylic acid groups (broad SMARTS) is 2. The highest BCUT2D eigenvalue weighted by atomic mass is 16.5. The molecule has 1 unspecified atom stereocenters. The fourth-order valence-electron chi connectivity index (χ4n) is 2.04. The van der Waals surface area contributed by atoms with Crippen LogP contribution in [0.15, 0.2) is 4.99 Å². The number of rotatable bonds is 7. The summed E-state index contributed by atoms with van der Waals surface area (Å²) in [6, 6.07) is 0. The Balaban J connectivity index is 2.73. The van der Waals surface area contributed by atoms with Gasteiger partial charge in [-0.2, -0.15) is 9.28 Å². The molecule has 0 aliphatic carbocycles. The second-order valence-corrected chi connectivity index (χ2v) is 4.09. The molecule has 0 saturated heterocycles. The molecule has 1 atom stereocenters. The second-order valence-electron chi connectivity index (χ2n) is 4.09. The topological polar surface area (TPSA) is 96.2 Å². The monoisotopic (exact) mass is 259 g/mol. The molecule has 0 aromatic carbocycles. The van der Waals surface area contributed by atoms with Crippen molar-refractivity contribution >= 4 is 17.9 Å². The van der Waals surface area contributed by atoms with Crippen molar-refractivity contribution in [2.75, 3.05) is 32.8 Å². The molecule has 0 saturated carbocycles. The number of hydrogen-bond donors (Lipinski definition) is 2. The Morgan fingerprint density at radius 1 is 1.44 bits per heavy atom. The van der Waals surface area contributed by atoms with Crippen LogP contribution < -0.4 is 0 Å². The Hall–Kier alpha value is -1.47. The number of ether oxygens (including phenoxy) is 1. The molecule has 0 bridgehead atoms. The number of carboxylic acids is 1. The van der Waals surface area contributed by atoms with Crippen molar-refractivity contribution in [2.45, 2.75) is 19.8 Å². The smallest absolute Gasteiger partial charge is 0.481 e. The lowest BCUT2D eigenvalue weighted by molar-refractivity contribution is -0.760. The average Bonchev–Trinajstić information content (AvgIpc) is 2.71. The molecule has 0 radical (unpaired) electrons. The first-order valence-corrected chi connectivity index (χ1v) is 5.97.